The third kappa shape index (κ3) is 22.0. The summed E-state index contributed by atoms with van der Waals surface area (Å²) in [6.07, 6.45) is 1.06. The lowest BCUT2D eigenvalue weighted by atomic mass is 9.81. The van der Waals surface area contributed by atoms with E-state index in [1.165, 1.54) is 0 Å². The summed E-state index contributed by atoms with van der Waals surface area (Å²) in [6.45, 7) is 1.21. The van der Waals surface area contributed by atoms with Crippen LogP contribution >= 0.6 is 11.8 Å². The fourth-order valence-corrected chi connectivity index (χ4v) is 11.0. The van der Waals surface area contributed by atoms with Crippen molar-refractivity contribution in [3.05, 3.63) is 60.2 Å². The molecule has 0 unspecified atom stereocenters. The maximum absolute atomic E-state index is 14.4. The Morgan fingerprint density at radius 1 is 0.512 bits per heavy atom. The third-order valence-electron chi connectivity index (χ3n) is 14.4. The van der Waals surface area contributed by atoms with E-state index in [4.69, 9.17) is 5.11 Å². The van der Waals surface area contributed by atoms with Crippen LogP contribution in [0.25, 0.3) is 21.5 Å². The third-order valence-corrected chi connectivity index (χ3v) is 15.5. The van der Waals surface area contributed by atoms with E-state index < -0.39 is 101 Å². The van der Waals surface area contributed by atoms with E-state index in [9.17, 15) is 83.4 Å². The Labute approximate surface area is 476 Å². The van der Waals surface area contributed by atoms with Gasteiger partial charge in [-0.2, -0.15) is 11.8 Å². The number of carbonyl (C=O) groups excluding carboxylic acids is 4. The van der Waals surface area contributed by atoms with Crippen molar-refractivity contribution in [2.24, 2.45) is 11.8 Å². The number of nitrogens with one attached hydrogen (secondary N) is 5. The molecule has 0 radical (unpaired) electrons. The van der Waals surface area contributed by atoms with Crippen LogP contribution in [0.15, 0.2) is 54.6 Å². The van der Waals surface area contributed by atoms with Gasteiger partial charge in [-0.15, -0.1) is 0 Å². The zero-order valence-electron chi connectivity index (χ0n) is 45.2. The van der Waals surface area contributed by atoms with Crippen LogP contribution in [-0.2, 0) is 54.4 Å². The molecule has 0 bridgehead atoms. The second kappa shape index (κ2) is 32.7. The normalized spacial score (nSPS) is 18.5. The first kappa shape index (κ1) is 65.2. The van der Waals surface area contributed by atoms with Gasteiger partial charge in [0.25, 0.3) is 0 Å². The number of thioether (sulfide) groups is 1. The predicted molar refractivity (Wildman–Crippen MR) is 297 cm³/mol. The molecule has 5 rings (SSSR count). The van der Waals surface area contributed by atoms with E-state index in [2.05, 4.69) is 26.6 Å². The molecule has 1 heterocycles. The summed E-state index contributed by atoms with van der Waals surface area (Å²) < 4.78 is 0. The maximum Gasteiger partial charge on any atom is 0.327 e. The average Bonchev–Trinajstić information content (AvgIpc) is 3.50. The maximum atomic E-state index is 14.4. The van der Waals surface area contributed by atoms with Gasteiger partial charge >= 0.3 is 47.8 Å². The average molecular weight is 1170 g/mol. The quantitative estimate of drug-likeness (QED) is 0.0413. The Balaban J connectivity index is 1.23. The van der Waals surface area contributed by atoms with Gasteiger partial charge in [-0.05, 0) is 77.6 Å². The lowest BCUT2D eigenvalue weighted by Crippen LogP contribution is -2.54. The highest BCUT2D eigenvalue weighted by Gasteiger charge is 2.34. The molecule has 5 amide bonds. The van der Waals surface area contributed by atoms with E-state index >= 15 is 0 Å². The van der Waals surface area contributed by atoms with Gasteiger partial charge in [0, 0.05) is 89.2 Å². The lowest BCUT2D eigenvalue weighted by molar-refractivity contribution is -0.141. The Kier molecular flexibility index (Phi) is 26.0. The van der Waals surface area contributed by atoms with Gasteiger partial charge in [-0.25, -0.2) is 19.2 Å². The van der Waals surface area contributed by atoms with Crippen LogP contribution < -0.4 is 26.6 Å². The number of carbonyl (C=O) groups is 11. The molecule has 2 fully saturated rings. The molecule has 0 spiro atoms. The number of carboxylic acid groups (broad SMARTS) is 7. The number of urea groups is 1. The Morgan fingerprint density at radius 2 is 0.951 bits per heavy atom. The van der Waals surface area contributed by atoms with Crippen molar-refractivity contribution in [2.45, 2.75) is 75.5 Å². The summed E-state index contributed by atoms with van der Waals surface area (Å²) in [5, 5.41) is 83.1. The fourth-order valence-electron chi connectivity index (χ4n) is 9.96. The van der Waals surface area contributed by atoms with Crippen LogP contribution in [0, 0.1) is 11.8 Å². The van der Waals surface area contributed by atoms with Crippen molar-refractivity contribution in [1.29, 1.82) is 0 Å². The highest BCUT2D eigenvalue weighted by molar-refractivity contribution is 7.99. The number of fused-ring (bicyclic) bond motifs is 2. The topological polar surface area (TPSA) is 402 Å². The minimum atomic E-state index is -1.65. The lowest BCUT2D eigenvalue weighted by Gasteiger charge is -2.33. The first-order chi connectivity index (χ1) is 39.0. The molecule has 1 saturated heterocycles. The summed E-state index contributed by atoms with van der Waals surface area (Å²) in [5.74, 6) is -11.9. The predicted octanol–water partition coefficient (Wildman–Crippen LogP) is 0.181. The van der Waals surface area contributed by atoms with Gasteiger partial charge in [-0.1, -0.05) is 48.5 Å². The monoisotopic (exact) mass is 1170 g/mol. The Hall–Kier alpha value is -7.66. The number of rotatable bonds is 29. The molecule has 27 nitrogen and oxygen atoms in total. The molecule has 1 saturated carbocycles. The molecule has 28 heteroatoms. The number of nitrogens with zero attached hydrogens (tertiary/aromatic N) is 4. The molecule has 448 valence electrons. The highest BCUT2D eigenvalue weighted by Crippen LogP contribution is 2.31. The smallest absolute Gasteiger partial charge is 0.327 e. The van der Waals surface area contributed by atoms with E-state index in [0.29, 0.717) is 31.2 Å². The number of carboxylic acids is 7. The van der Waals surface area contributed by atoms with Crippen LogP contribution in [0.5, 0.6) is 0 Å². The van der Waals surface area contributed by atoms with Gasteiger partial charge in [0.05, 0.1) is 26.2 Å². The van der Waals surface area contributed by atoms with E-state index in [1.807, 2.05) is 59.5 Å². The van der Waals surface area contributed by atoms with Crippen LogP contribution in [-0.4, -0.2) is 242 Å². The van der Waals surface area contributed by atoms with Crippen molar-refractivity contribution in [3.63, 3.8) is 0 Å². The first-order valence-corrected chi connectivity index (χ1v) is 28.1. The van der Waals surface area contributed by atoms with Crippen LogP contribution in [0.4, 0.5) is 4.79 Å². The molecule has 12 N–H and O–H groups in total. The summed E-state index contributed by atoms with van der Waals surface area (Å²) in [6, 6.07) is 9.66. The SMILES string of the molecule is O=C(O)CCC[C@H](NC(=O)N[C@@H](CSC[C@H](NC(=O)[C@H](Cc1c2ccccc2cc2ccccc12)NC(=O)C1CCC(CNC(=O)CN2CCN(CC(=O)O)CCN(CC(=O)O)CCN(CC(=O)O)CC2)CC1)C(=O)O)C(=O)O)C(=O)O. The van der Waals surface area contributed by atoms with Gasteiger partial charge < -0.3 is 62.3 Å². The number of hydrogen-bond donors (Lipinski definition) is 12. The molecular weight excluding hydrogens is 1090 g/mol. The zero-order valence-corrected chi connectivity index (χ0v) is 46.1. The second-order valence-electron chi connectivity index (χ2n) is 20.5. The number of benzene rings is 3. The summed E-state index contributed by atoms with van der Waals surface area (Å²) in [5.41, 5.74) is 0.711. The van der Waals surface area contributed by atoms with Crippen molar-refractivity contribution in [2.75, 3.05) is 96.6 Å². The highest BCUT2D eigenvalue weighted by atomic mass is 32.2. The van der Waals surface area contributed by atoms with Crippen molar-refractivity contribution in [1.82, 2.24) is 46.2 Å². The zero-order chi connectivity index (χ0) is 59.9. The van der Waals surface area contributed by atoms with Crippen molar-refractivity contribution >= 4 is 98.8 Å². The molecule has 3 aromatic carbocycles. The van der Waals surface area contributed by atoms with E-state index in [1.54, 1.807) is 14.7 Å². The molecular formula is C54H73N9O18S. The molecule has 4 atom stereocenters. The van der Waals surface area contributed by atoms with E-state index in [-0.39, 0.29) is 123 Å². The largest absolute Gasteiger partial charge is 0.481 e. The second-order valence-corrected chi connectivity index (χ2v) is 21.6. The van der Waals surface area contributed by atoms with Gasteiger partial charge in [0.2, 0.25) is 17.7 Å². The van der Waals surface area contributed by atoms with Crippen LogP contribution in [0.2, 0.25) is 0 Å². The Morgan fingerprint density at radius 3 is 1.40 bits per heavy atom. The van der Waals surface area contributed by atoms with Crippen molar-refractivity contribution < 1.29 is 88.5 Å². The molecule has 3 aromatic rings. The minimum Gasteiger partial charge on any atom is -0.481 e. The molecule has 82 heavy (non-hydrogen) atoms. The minimum absolute atomic E-state index is 0.0254. The Bertz CT molecular complexity index is 2680. The van der Waals surface area contributed by atoms with E-state index in [0.717, 1.165) is 33.3 Å². The standard InChI is InChI=1S/C54H73N9O18S/c64-44(27-60-16-18-61(28-46(67)68)20-22-63(30-48(71)72)23-21-62(19-17-60)29-47(69)70)55-26-33-12-14-34(15-13-33)49(73)56-41(25-39-37-8-3-1-6-35(37)24-36-7-2-4-9-38(36)39)50(74)57-42(52(77)78)31-82-32-43(53(79)80)59-54(81)58-40(51(75)76)10-5-11-45(65)66/h1-4,6-9,24,33-34,40-43H,5,10-23,25-32H2,(H,55,64)(H,56,73)(H,57,74)(H,65,66)(H,67,68)(H,69,70)(H,71,72)(H,75,76)(H,77,78)(H,79,80)(H2,58,59,81)/t33?,34?,40-,41-,42-,43-/m0/s1. The molecule has 1 aliphatic carbocycles. The first-order valence-electron chi connectivity index (χ1n) is 26.9. The number of amides is 5. The number of aliphatic carboxylic acids is 7. The van der Waals surface area contributed by atoms with Crippen LogP contribution in [0.1, 0.15) is 50.5 Å². The van der Waals surface area contributed by atoms with Crippen molar-refractivity contribution in [3.8, 4) is 0 Å². The van der Waals surface area contributed by atoms with Gasteiger partial charge in [0.1, 0.15) is 24.2 Å². The summed E-state index contributed by atoms with van der Waals surface area (Å²) in [7, 11) is 0. The summed E-state index contributed by atoms with van der Waals surface area (Å²) >= 11 is 0.761. The number of hydrogen-bond acceptors (Lipinski definition) is 16. The molecule has 2 aliphatic rings. The fraction of sp³-hybridized carbons (Fsp3) is 0.537. The van der Waals surface area contributed by atoms with Gasteiger partial charge in [-0.3, -0.25) is 53.2 Å². The molecule has 1 aliphatic heterocycles. The molecule has 0 aromatic heterocycles. The van der Waals surface area contributed by atoms with Crippen LogP contribution in [0.3, 0.4) is 0 Å². The summed E-state index contributed by atoms with van der Waals surface area (Å²) in [4.78, 5) is 144. The van der Waals surface area contributed by atoms with Gasteiger partial charge in [0.15, 0.2) is 0 Å².